The van der Waals surface area contributed by atoms with E-state index in [0.29, 0.717) is 6.54 Å². The minimum absolute atomic E-state index is 0.0373. The molecule has 0 spiro atoms. The van der Waals surface area contributed by atoms with Gasteiger partial charge in [-0.15, -0.1) is 11.3 Å². The molecular formula is C12H16ClNO4S2. The number of thiophene rings is 1. The molecule has 1 atom stereocenters. The fraction of sp³-hybridized carbons (Fsp3) is 0.583. The van der Waals surface area contributed by atoms with E-state index < -0.39 is 16.0 Å². The Morgan fingerprint density at radius 3 is 2.80 bits per heavy atom. The van der Waals surface area contributed by atoms with Crippen LogP contribution < -0.4 is 0 Å². The summed E-state index contributed by atoms with van der Waals surface area (Å²) in [5.74, 6) is -0.676. The van der Waals surface area contributed by atoms with Crippen molar-refractivity contribution in [2.45, 2.75) is 37.1 Å². The average Bonchev–Trinajstić information content (AvgIpc) is 2.81. The van der Waals surface area contributed by atoms with Crippen LogP contribution in [0.25, 0.3) is 0 Å². The van der Waals surface area contributed by atoms with Crippen LogP contribution in [-0.2, 0) is 14.8 Å². The lowest BCUT2D eigenvalue weighted by Gasteiger charge is -2.32. The Morgan fingerprint density at radius 2 is 2.20 bits per heavy atom. The van der Waals surface area contributed by atoms with E-state index in [0.717, 1.165) is 30.6 Å². The van der Waals surface area contributed by atoms with Crippen LogP contribution in [0.1, 0.15) is 35.9 Å². The summed E-state index contributed by atoms with van der Waals surface area (Å²) in [7, 11) is -2.50. The van der Waals surface area contributed by atoms with Gasteiger partial charge in [-0.05, 0) is 25.8 Å². The Hall–Kier alpha value is -0.630. The maximum atomic E-state index is 12.7. The van der Waals surface area contributed by atoms with Gasteiger partial charge in [-0.3, -0.25) is 0 Å². The topological polar surface area (TPSA) is 63.7 Å². The van der Waals surface area contributed by atoms with Gasteiger partial charge in [0.25, 0.3) is 0 Å². The highest BCUT2D eigenvalue weighted by Crippen LogP contribution is 2.34. The highest BCUT2D eigenvalue weighted by atomic mass is 35.5. The first kappa shape index (κ1) is 15.8. The molecule has 0 radical (unpaired) electrons. The molecule has 0 unspecified atom stereocenters. The van der Waals surface area contributed by atoms with Gasteiger partial charge in [0.05, 0.1) is 11.4 Å². The second-order valence-corrected chi connectivity index (χ2v) is 8.24. The number of hydrogen-bond acceptors (Lipinski definition) is 5. The van der Waals surface area contributed by atoms with Gasteiger partial charge in [0, 0.05) is 12.6 Å². The zero-order valence-corrected chi connectivity index (χ0v) is 13.6. The van der Waals surface area contributed by atoms with Gasteiger partial charge < -0.3 is 4.74 Å². The number of nitrogens with zero attached hydrogens (tertiary/aromatic N) is 1. The fourth-order valence-electron chi connectivity index (χ4n) is 2.33. The maximum absolute atomic E-state index is 12.7. The second kappa shape index (κ2) is 6.01. The fourth-order valence-corrected chi connectivity index (χ4v) is 5.73. The molecule has 20 heavy (non-hydrogen) atoms. The highest BCUT2D eigenvalue weighted by molar-refractivity contribution is 7.89. The molecule has 1 aliphatic rings. The van der Waals surface area contributed by atoms with Crippen LogP contribution in [-0.4, -0.2) is 38.4 Å². The summed E-state index contributed by atoms with van der Waals surface area (Å²) < 4.78 is 31.8. The Kier molecular flexibility index (Phi) is 4.73. The van der Waals surface area contributed by atoms with Crippen LogP contribution in [0.2, 0.25) is 4.34 Å². The molecule has 1 aromatic heterocycles. The molecule has 1 aromatic rings. The van der Waals surface area contributed by atoms with Gasteiger partial charge in [-0.1, -0.05) is 18.0 Å². The summed E-state index contributed by atoms with van der Waals surface area (Å²) in [5, 5.41) is 0. The smallest absolute Gasteiger partial charge is 0.349 e. The monoisotopic (exact) mass is 337 g/mol. The van der Waals surface area contributed by atoms with Crippen molar-refractivity contribution in [3.63, 3.8) is 0 Å². The number of esters is 1. The van der Waals surface area contributed by atoms with E-state index >= 15 is 0 Å². The molecule has 0 aliphatic carbocycles. The summed E-state index contributed by atoms with van der Waals surface area (Å²) >= 11 is 6.80. The first-order chi connectivity index (χ1) is 9.37. The van der Waals surface area contributed by atoms with Crippen LogP contribution >= 0.6 is 22.9 Å². The summed E-state index contributed by atoms with van der Waals surface area (Å²) in [6.07, 6.45) is 2.67. The Balaban J connectivity index is 2.46. The Morgan fingerprint density at radius 1 is 1.50 bits per heavy atom. The van der Waals surface area contributed by atoms with E-state index in [1.165, 1.54) is 17.5 Å². The third-order valence-electron chi connectivity index (χ3n) is 3.37. The molecule has 0 saturated carbocycles. The molecular weight excluding hydrogens is 322 g/mol. The maximum Gasteiger partial charge on any atom is 0.349 e. The predicted octanol–water partition coefficient (Wildman–Crippen LogP) is 2.75. The van der Waals surface area contributed by atoms with Crippen LogP contribution in [0.15, 0.2) is 11.0 Å². The highest BCUT2D eigenvalue weighted by Gasteiger charge is 2.35. The number of methoxy groups -OCH3 is 1. The van der Waals surface area contributed by atoms with Crippen molar-refractivity contribution >= 4 is 38.9 Å². The SMILES string of the molecule is COC(=O)c1sc(Cl)cc1S(=O)(=O)N1CCCC[C@@H]1C. The van der Waals surface area contributed by atoms with Gasteiger partial charge in [0.15, 0.2) is 0 Å². The largest absolute Gasteiger partial charge is 0.465 e. The standard InChI is InChI=1S/C12H16ClNO4S2/c1-8-5-3-4-6-14(8)20(16,17)9-7-10(13)19-11(9)12(15)18-2/h7-8H,3-6H2,1-2H3/t8-/m0/s1. The molecule has 5 nitrogen and oxygen atoms in total. The molecule has 2 rings (SSSR count). The minimum atomic E-state index is -3.72. The van der Waals surface area contributed by atoms with E-state index in [-0.39, 0.29) is 20.2 Å². The molecule has 1 aliphatic heterocycles. The minimum Gasteiger partial charge on any atom is -0.465 e. The Labute approximate surface area is 127 Å². The number of halogens is 1. The number of sulfonamides is 1. The van der Waals surface area contributed by atoms with Crippen LogP contribution in [0, 0.1) is 0 Å². The lowest BCUT2D eigenvalue weighted by molar-refractivity contribution is 0.0602. The van der Waals surface area contributed by atoms with E-state index in [4.69, 9.17) is 11.6 Å². The van der Waals surface area contributed by atoms with E-state index in [2.05, 4.69) is 4.74 Å². The molecule has 1 saturated heterocycles. The lowest BCUT2D eigenvalue weighted by atomic mass is 10.1. The van der Waals surface area contributed by atoms with Crippen molar-refractivity contribution in [1.82, 2.24) is 4.31 Å². The number of hydrogen-bond donors (Lipinski definition) is 0. The van der Waals surface area contributed by atoms with Crippen molar-refractivity contribution in [3.8, 4) is 0 Å². The van der Waals surface area contributed by atoms with Crippen LogP contribution in [0.4, 0.5) is 0 Å². The van der Waals surface area contributed by atoms with Gasteiger partial charge in [-0.2, -0.15) is 4.31 Å². The first-order valence-electron chi connectivity index (χ1n) is 6.27. The van der Waals surface area contributed by atoms with Gasteiger partial charge in [0.1, 0.15) is 9.77 Å². The van der Waals surface area contributed by atoms with E-state index in [9.17, 15) is 13.2 Å². The molecule has 2 heterocycles. The zero-order chi connectivity index (χ0) is 14.9. The van der Waals surface area contributed by atoms with Crippen molar-refractivity contribution in [3.05, 3.63) is 15.3 Å². The normalized spacial score (nSPS) is 20.9. The third kappa shape index (κ3) is 2.86. The Bertz CT molecular complexity index is 611. The van der Waals surface area contributed by atoms with Gasteiger partial charge in [0.2, 0.25) is 10.0 Å². The zero-order valence-electron chi connectivity index (χ0n) is 11.3. The molecule has 0 bridgehead atoms. The predicted molar refractivity (Wildman–Crippen MR) is 77.9 cm³/mol. The van der Waals surface area contributed by atoms with Gasteiger partial charge in [-0.25, -0.2) is 13.2 Å². The molecule has 0 amide bonds. The molecule has 8 heteroatoms. The number of carbonyl (C=O) groups excluding carboxylic acids is 1. The van der Waals surface area contributed by atoms with Crippen LogP contribution in [0.5, 0.6) is 0 Å². The number of ether oxygens (including phenoxy) is 1. The summed E-state index contributed by atoms with van der Waals surface area (Å²) in [6, 6.07) is 1.26. The van der Waals surface area contributed by atoms with Crippen molar-refractivity contribution in [1.29, 1.82) is 0 Å². The number of rotatable bonds is 3. The van der Waals surface area contributed by atoms with Crippen molar-refractivity contribution < 1.29 is 17.9 Å². The van der Waals surface area contributed by atoms with Crippen LogP contribution in [0.3, 0.4) is 0 Å². The molecule has 112 valence electrons. The summed E-state index contributed by atoms with van der Waals surface area (Å²) in [6.45, 7) is 2.35. The first-order valence-corrected chi connectivity index (χ1v) is 8.91. The average molecular weight is 338 g/mol. The third-order valence-corrected chi connectivity index (χ3v) is 6.78. The molecule has 0 aromatic carbocycles. The second-order valence-electron chi connectivity index (χ2n) is 4.70. The number of piperidine rings is 1. The van der Waals surface area contributed by atoms with Gasteiger partial charge >= 0.3 is 5.97 Å². The van der Waals surface area contributed by atoms with E-state index in [1.54, 1.807) is 0 Å². The lowest BCUT2D eigenvalue weighted by Crippen LogP contribution is -2.42. The van der Waals surface area contributed by atoms with Crippen molar-refractivity contribution in [2.24, 2.45) is 0 Å². The molecule has 1 fully saturated rings. The summed E-state index contributed by atoms with van der Waals surface area (Å²) in [5.41, 5.74) is 0. The van der Waals surface area contributed by atoms with Crippen molar-refractivity contribution in [2.75, 3.05) is 13.7 Å². The van der Waals surface area contributed by atoms with E-state index in [1.807, 2.05) is 6.92 Å². The molecule has 0 N–H and O–H groups in total. The quantitative estimate of drug-likeness (QED) is 0.795. The summed E-state index contributed by atoms with van der Waals surface area (Å²) in [4.78, 5) is 11.7. The number of carbonyl (C=O) groups is 1.